The Morgan fingerprint density at radius 1 is 1.10 bits per heavy atom. The van der Waals surface area contributed by atoms with Crippen LogP contribution in [0.2, 0.25) is 0 Å². The Kier molecular flexibility index (Phi) is 6.03. The van der Waals surface area contributed by atoms with Crippen LogP contribution in [0.15, 0.2) is 25.9 Å². The lowest BCUT2D eigenvalue weighted by Gasteiger charge is -2.38. The number of nitrogens with one attached hydrogen (secondary N) is 1. The number of rotatable bonds is 5. The van der Waals surface area contributed by atoms with Gasteiger partial charge in [-0.3, -0.25) is 4.79 Å². The molecule has 1 spiro atoms. The molecular formula is C18H24N4O5S4. The van der Waals surface area contributed by atoms with Gasteiger partial charge in [0.15, 0.2) is 9.34 Å². The van der Waals surface area contributed by atoms with Crippen LogP contribution >= 0.6 is 22.7 Å². The predicted molar refractivity (Wildman–Crippen MR) is 119 cm³/mol. The number of thiophene rings is 1. The molecule has 2 aromatic heterocycles. The third-order valence-corrected chi connectivity index (χ3v) is 12.7. The van der Waals surface area contributed by atoms with Crippen molar-refractivity contribution in [1.29, 1.82) is 0 Å². The van der Waals surface area contributed by atoms with Gasteiger partial charge in [-0.25, -0.2) is 21.8 Å². The molecule has 13 heteroatoms. The van der Waals surface area contributed by atoms with Gasteiger partial charge in [-0.1, -0.05) is 17.4 Å². The van der Waals surface area contributed by atoms with Gasteiger partial charge >= 0.3 is 0 Å². The van der Waals surface area contributed by atoms with E-state index < -0.39 is 20.0 Å². The molecular weight excluding hydrogens is 480 g/mol. The van der Waals surface area contributed by atoms with Crippen molar-refractivity contribution in [3.8, 4) is 0 Å². The van der Waals surface area contributed by atoms with Crippen LogP contribution < -0.4 is 5.32 Å². The summed E-state index contributed by atoms with van der Waals surface area (Å²) in [5, 5.41) is 4.55. The van der Waals surface area contributed by atoms with Gasteiger partial charge in [0.2, 0.25) is 5.91 Å². The number of amides is 1. The predicted octanol–water partition coefficient (Wildman–Crippen LogP) is 2.34. The van der Waals surface area contributed by atoms with Gasteiger partial charge in [0.05, 0.1) is 5.69 Å². The summed E-state index contributed by atoms with van der Waals surface area (Å²) in [7, 11) is -7.21. The molecule has 0 aliphatic carbocycles. The minimum atomic E-state index is -3.73. The molecule has 1 N–H and O–H groups in total. The second kappa shape index (κ2) is 8.19. The van der Waals surface area contributed by atoms with Gasteiger partial charge in [0, 0.05) is 33.1 Å². The zero-order valence-electron chi connectivity index (χ0n) is 17.2. The van der Waals surface area contributed by atoms with Crippen molar-refractivity contribution in [2.45, 2.75) is 41.5 Å². The topological polar surface area (TPSA) is 117 Å². The summed E-state index contributed by atoms with van der Waals surface area (Å²) in [4.78, 5) is 15.4. The van der Waals surface area contributed by atoms with E-state index in [0.29, 0.717) is 55.3 Å². The molecule has 2 aliphatic rings. The molecule has 170 valence electrons. The van der Waals surface area contributed by atoms with Crippen LogP contribution in [0.5, 0.6) is 0 Å². The van der Waals surface area contributed by atoms with Crippen LogP contribution in [0, 0.1) is 12.3 Å². The highest BCUT2D eigenvalue weighted by atomic mass is 32.3. The molecule has 0 saturated carbocycles. The van der Waals surface area contributed by atoms with E-state index in [1.165, 1.54) is 26.9 Å². The number of carbonyl (C=O) groups excluding carboxylic acids is 1. The normalized spacial score (nSPS) is 20.3. The maximum absolute atomic E-state index is 13.2. The monoisotopic (exact) mass is 504 g/mol. The molecule has 9 nitrogen and oxygen atoms in total. The van der Waals surface area contributed by atoms with Gasteiger partial charge in [-0.2, -0.15) is 8.61 Å². The Balaban J connectivity index is 1.46. The smallest absolute Gasteiger partial charge is 0.254 e. The number of carbonyl (C=O) groups is 1. The average molecular weight is 505 g/mol. The van der Waals surface area contributed by atoms with Crippen molar-refractivity contribution in [3.63, 3.8) is 0 Å². The van der Waals surface area contributed by atoms with Crippen LogP contribution in [0.1, 0.15) is 31.9 Å². The highest BCUT2D eigenvalue weighted by Crippen LogP contribution is 2.44. The molecule has 2 aliphatic heterocycles. The van der Waals surface area contributed by atoms with E-state index in [-0.39, 0.29) is 20.7 Å². The lowest BCUT2D eigenvalue weighted by molar-refractivity contribution is -0.114. The molecule has 2 aromatic rings. The van der Waals surface area contributed by atoms with E-state index in [0.717, 1.165) is 11.3 Å². The van der Waals surface area contributed by atoms with Crippen molar-refractivity contribution in [3.05, 3.63) is 23.2 Å². The van der Waals surface area contributed by atoms with Crippen LogP contribution in [-0.2, 0) is 24.8 Å². The van der Waals surface area contributed by atoms with E-state index in [1.807, 2.05) is 0 Å². The molecule has 4 heterocycles. The molecule has 1 amide bonds. The van der Waals surface area contributed by atoms with Gasteiger partial charge in [0.1, 0.15) is 4.21 Å². The highest BCUT2D eigenvalue weighted by Gasteiger charge is 2.47. The minimum absolute atomic E-state index is 0.144. The van der Waals surface area contributed by atoms with Crippen molar-refractivity contribution < 1.29 is 21.6 Å². The van der Waals surface area contributed by atoms with E-state index in [9.17, 15) is 21.6 Å². The van der Waals surface area contributed by atoms with Crippen molar-refractivity contribution >= 4 is 53.8 Å². The standard InChI is InChI=1S/C18H24N4O5S4/c1-13-16(29-17(19-13)20-14(2)23)31(26,27)22-10-7-18(12-22)5-8-21(9-6-18)30(24,25)15-4-3-11-28-15/h3-4,11H,5-10,12H2,1-2H3,(H,19,20,23). The van der Waals surface area contributed by atoms with Crippen molar-refractivity contribution in [1.82, 2.24) is 13.6 Å². The number of aromatic nitrogens is 1. The maximum atomic E-state index is 13.2. The summed E-state index contributed by atoms with van der Waals surface area (Å²) in [6.07, 6.45) is 1.96. The molecule has 0 bridgehead atoms. The summed E-state index contributed by atoms with van der Waals surface area (Å²) >= 11 is 2.17. The van der Waals surface area contributed by atoms with Gasteiger partial charge in [-0.05, 0) is 43.0 Å². The summed E-state index contributed by atoms with van der Waals surface area (Å²) in [5.41, 5.74) is 0.153. The second-order valence-corrected chi connectivity index (χ2v) is 14.2. The molecule has 2 fully saturated rings. The lowest BCUT2D eigenvalue weighted by atomic mass is 9.78. The molecule has 2 saturated heterocycles. The third kappa shape index (κ3) is 4.31. The third-order valence-electron chi connectivity index (χ3n) is 5.89. The van der Waals surface area contributed by atoms with E-state index in [1.54, 1.807) is 24.4 Å². The quantitative estimate of drug-likeness (QED) is 0.668. The Morgan fingerprint density at radius 3 is 2.32 bits per heavy atom. The summed E-state index contributed by atoms with van der Waals surface area (Å²) in [5.74, 6) is -0.304. The van der Waals surface area contributed by atoms with Crippen molar-refractivity contribution in [2.24, 2.45) is 5.41 Å². The lowest BCUT2D eigenvalue weighted by Crippen LogP contribution is -2.44. The zero-order chi connectivity index (χ0) is 22.4. The molecule has 0 unspecified atom stereocenters. The van der Waals surface area contributed by atoms with Gasteiger partial charge in [-0.15, -0.1) is 11.3 Å². The van der Waals surface area contributed by atoms with E-state index >= 15 is 0 Å². The summed E-state index contributed by atoms with van der Waals surface area (Å²) < 4.78 is 55.5. The van der Waals surface area contributed by atoms with Crippen LogP contribution in [0.3, 0.4) is 0 Å². The average Bonchev–Trinajstić information content (AvgIpc) is 3.43. The van der Waals surface area contributed by atoms with E-state index in [2.05, 4.69) is 10.3 Å². The first-order valence-electron chi connectivity index (χ1n) is 9.82. The molecule has 31 heavy (non-hydrogen) atoms. The van der Waals surface area contributed by atoms with E-state index in [4.69, 9.17) is 0 Å². The molecule has 0 atom stereocenters. The number of aryl methyl sites for hydroxylation is 1. The fourth-order valence-corrected chi connectivity index (χ4v) is 9.92. The first kappa shape index (κ1) is 22.8. The van der Waals surface area contributed by atoms with Crippen LogP contribution in [-0.4, -0.2) is 62.5 Å². The number of sulfonamides is 2. The first-order chi connectivity index (χ1) is 14.5. The molecule has 4 rings (SSSR count). The Morgan fingerprint density at radius 2 is 1.74 bits per heavy atom. The first-order valence-corrected chi connectivity index (χ1v) is 14.4. The number of hydrogen-bond acceptors (Lipinski definition) is 8. The van der Waals surface area contributed by atoms with Crippen LogP contribution in [0.25, 0.3) is 0 Å². The molecule has 0 aromatic carbocycles. The fourth-order valence-electron chi connectivity index (χ4n) is 4.19. The summed E-state index contributed by atoms with van der Waals surface area (Å²) in [6.45, 7) is 4.51. The number of hydrogen-bond donors (Lipinski definition) is 1. The number of anilines is 1. The Bertz CT molecular complexity index is 1180. The zero-order valence-corrected chi connectivity index (χ0v) is 20.5. The number of nitrogens with zero attached hydrogens (tertiary/aromatic N) is 3. The summed E-state index contributed by atoms with van der Waals surface area (Å²) in [6, 6.07) is 3.34. The van der Waals surface area contributed by atoms with Crippen LogP contribution in [0.4, 0.5) is 5.13 Å². The highest BCUT2D eigenvalue weighted by molar-refractivity contribution is 7.91. The number of piperidine rings is 1. The maximum Gasteiger partial charge on any atom is 0.254 e. The second-order valence-electron chi connectivity index (χ2n) is 8.00. The van der Waals surface area contributed by atoms with Gasteiger partial charge in [0.25, 0.3) is 20.0 Å². The minimum Gasteiger partial charge on any atom is -0.302 e. The van der Waals surface area contributed by atoms with Gasteiger partial charge < -0.3 is 5.32 Å². The fraction of sp³-hybridized carbons (Fsp3) is 0.556. The Labute approximate surface area is 190 Å². The van der Waals surface area contributed by atoms with Crippen molar-refractivity contribution in [2.75, 3.05) is 31.5 Å². The Hall–Kier alpha value is -1.38. The largest absolute Gasteiger partial charge is 0.302 e. The molecule has 0 radical (unpaired) electrons. The SMILES string of the molecule is CC(=O)Nc1nc(C)c(S(=O)(=O)N2CCC3(CCN(S(=O)(=O)c4cccs4)CC3)C2)s1. The number of thiazole rings is 1.